The summed E-state index contributed by atoms with van der Waals surface area (Å²) >= 11 is 1.03. The lowest BCUT2D eigenvalue weighted by Crippen LogP contribution is -2.72. The Kier molecular flexibility index (Phi) is 7.68. The van der Waals surface area contributed by atoms with Crippen LogP contribution in [0.1, 0.15) is 54.2 Å². The van der Waals surface area contributed by atoms with Gasteiger partial charge in [-0.2, -0.15) is 0 Å². The summed E-state index contributed by atoms with van der Waals surface area (Å²) in [5.74, 6) is -2.60. The van der Waals surface area contributed by atoms with Gasteiger partial charge in [-0.1, -0.05) is 24.3 Å². The molecule has 4 heterocycles. The third kappa shape index (κ3) is 4.89. The van der Waals surface area contributed by atoms with Crippen LogP contribution in [0.3, 0.4) is 0 Å². The van der Waals surface area contributed by atoms with E-state index in [4.69, 9.17) is 4.74 Å². The van der Waals surface area contributed by atoms with Crippen LogP contribution in [0.25, 0.3) is 10.6 Å². The largest absolute Gasteiger partial charge is 0.502 e. The third-order valence-electron chi connectivity index (χ3n) is 7.63. The van der Waals surface area contributed by atoms with E-state index in [1.54, 1.807) is 23.8 Å². The Bertz CT molecular complexity index is 1550. The summed E-state index contributed by atoms with van der Waals surface area (Å²) in [7, 11) is 1.77. The molecule has 11 nitrogen and oxygen atoms in total. The van der Waals surface area contributed by atoms with Gasteiger partial charge in [-0.15, -0.1) is 10.2 Å². The molecule has 2 amide bonds. The van der Waals surface area contributed by atoms with Crippen LogP contribution >= 0.6 is 11.3 Å². The van der Waals surface area contributed by atoms with Gasteiger partial charge in [0.2, 0.25) is 5.43 Å². The lowest BCUT2D eigenvalue weighted by molar-refractivity contribution is -0.00276. The number of hydrogen-bond acceptors (Lipinski definition) is 9. The van der Waals surface area contributed by atoms with E-state index in [0.717, 1.165) is 23.5 Å². The zero-order valence-corrected chi connectivity index (χ0v) is 23.7. The number of hydrogen-bond donors (Lipinski definition) is 1. The number of aromatic nitrogens is 3. The van der Waals surface area contributed by atoms with Crippen molar-refractivity contribution in [1.82, 2.24) is 24.7 Å². The van der Waals surface area contributed by atoms with Gasteiger partial charge in [-0.05, 0) is 25.0 Å². The molecule has 1 aromatic carbocycles. The fourth-order valence-electron chi connectivity index (χ4n) is 5.52. The van der Waals surface area contributed by atoms with Crippen LogP contribution in [-0.2, 0) is 11.2 Å². The number of carbonyl (C=O) groups is 2. The molecule has 3 aromatic rings. The predicted molar refractivity (Wildman–Crippen MR) is 146 cm³/mol. The maximum absolute atomic E-state index is 14.2. The molecule has 1 fully saturated rings. The van der Waals surface area contributed by atoms with E-state index in [1.807, 2.05) is 11.9 Å². The van der Waals surface area contributed by atoms with Crippen molar-refractivity contribution in [3.05, 3.63) is 62.5 Å². The molecule has 1 N–H and O–H groups in total. The summed E-state index contributed by atoms with van der Waals surface area (Å²) in [4.78, 5) is 42.7. The number of rotatable bonds is 6. The number of ether oxygens (including phenoxy) is 1. The Labute approximate surface area is 238 Å². The van der Waals surface area contributed by atoms with Gasteiger partial charge in [0, 0.05) is 58.2 Å². The minimum atomic E-state index is -0.825. The summed E-state index contributed by atoms with van der Waals surface area (Å²) in [6.45, 7) is 5.02. The summed E-state index contributed by atoms with van der Waals surface area (Å²) in [5.41, 5.74) is -1.52. The van der Waals surface area contributed by atoms with Crippen LogP contribution in [0.4, 0.5) is 13.6 Å². The fourth-order valence-corrected chi connectivity index (χ4v) is 6.39. The summed E-state index contributed by atoms with van der Waals surface area (Å²) in [5, 5.41) is 21.6. The summed E-state index contributed by atoms with van der Waals surface area (Å²) in [6.07, 6.45) is 2.57. The van der Waals surface area contributed by atoms with Crippen LogP contribution in [0.2, 0.25) is 0 Å². The van der Waals surface area contributed by atoms with Crippen molar-refractivity contribution in [2.75, 3.05) is 38.3 Å². The third-order valence-corrected chi connectivity index (χ3v) is 8.59. The van der Waals surface area contributed by atoms with Gasteiger partial charge in [0.1, 0.15) is 22.3 Å². The van der Waals surface area contributed by atoms with E-state index in [2.05, 4.69) is 10.2 Å². The molecular weight excluding hydrogens is 558 g/mol. The first kappa shape index (κ1) is 28.5. The minimum absolute atomic E-state index is 0.0253. The van der Waals surface area contributed by atoms with Gasteiger partial charge in [0.25, 0.3) is 5.91 Å². The molecule has 5 rings (SSSR count). The summed E-state index contributed by atoms with van der Waals surface area (Å²) < 4.78 is 34.1. The Morgan fingerprint density at radius 2 is 1.90 bits per heavy atom. The van der Waals surface area contributed by atoms with Gasteiger partial charge in [-0.3, -0.25) is 19.3 Å². The molecule has 41 heavy (non-hydrogen) atoms. The Morgan fingerprint density at radius 1 is 1.17 bits per heavy atom. The lowest BCUT2D eigenvalue weighted by Gasteiger charge is -2.57. The van der Waals surface area contributed by atoms with Crippen LogP contribution in [0.15, 0.2) is 29.2 Å². The second-order valence-corrected chi connectivity index (χ2v) is 11.0. The van der Waals surface area contributed by atoms with Crippen LogP contribution in [0.5, 0.6) is 5.75 Å². The molecule has 0 atom stereocenters. The van der Waals surface area contributed by atoms with E-state index < -0.39 is 40.5 Å². The minimum Gasteiger partial charge on any atom is -0.502 e. The van der Waals surface area contributed by atoms with Crippen molar-refractivity contribution >= 4 is 23.3 Å². The van der Waals surface area contributed by atoms with E-state index in [-0.39, 0.29) is 34.9 Å². The first-order valence-corrected chi connectivity index (χ1v) is 14.2. The molecule has 218 valence electrons. The van der Waals surface area contributed by atoms with Gasteiger partial charge in [0.15, 0.2) is 16.5 Å². The number of amides is 2. The van der Waals surface area contributed by atoms with Crippen molar-refractivity contribution in [2.45, 2.75) is 45.2 Å². The second-order valence-electron chi connectivity index (χ2n) is 9.98. The van der Waals surface area contributed by atoms with Crippen molar-refractivity contribution in [3.8, 4) is 16.3 Å². The van der Waals surface area contributed by atoms with E-state index in [0.29, 0.717) is 43.9 Å². The molecule has 0 saturated carbocycles. The number of pyridine rings is 1. The highest BCUT2D eigenvalue weighted by Gasteiger charge is 2.51. The van der Waals surface area contributed by atoms with Gasteiger partial charge >= 0.3 is 6.09 Å². The van der Waals surface area contributed by atoms with E-state index in [1.165, 1.54) is 16.9 Å². The van der Waals surface area contributed by atoms with Gasteiger partial charge in [-0.25, -0.2) is 13.6 Å². The molecule has 2 aliphatic rings. The molecule has 0 radical (unpaired) electrons. The van der Waals surface area contributed by atoms with Crippen LogP contribution < -0.4 is 10.4 Å². The Balaban J connectivity index is 1.52. The maximum Gasteiger partial charge on any atom is 0.409 e. The molecule has 1 saturated heterocycles. The quantitative estimate of drug-likeness (QED) is 0.466. The highest BCUT2D eigenvalue weighted by Crippen LogP contribution is 2.38. The number of piperidine rings is 1. The molecule has 2 aromatic heterocycles. The average molecular weight is 589 g/mol. The first-order valence-electron chi connectivity index (χ1n) is 13.3. The zero-order chi connectivity index (χ0) is 29.5. The van der Waals surface area contributed by atoms with Gasteiger partial charge < -0.3 is 19.6 Å². The molecule has 1 spiro atoms. The highest BCUT2D eigenvalue weighted by molar-refractivity contribution is 7.14. The van der Waals surface area contributed by atoms with E-state index in [9.17, 15) is 28.3 Å². The molecule has 0 unspecified atom stereocenters. The molecule has 0 aliphatic carbocycles. The predicted octanol–water partition coefficient (Wildman–Crippen LogP) is 3.32. The van der Waals surface area contributed by atoms with Crippen molar-refractivity contribution in [3.63, 3.8) is 0 Å². The number of fused-ring (bicyclic) bond motifs is 1. The molecule has 14 heteroatoms. The van der Waals surface area contributed by atoms with Crippen molar-refractivity contribution < 1.29 is 28.2 Å². The normalized spacial score (nSPS) is 16.3. The SMILES string of the molecule is CCCN1C(=O)c2c(O)c(=O)c(-c3nnc(Cc4ccc(F)cc4F)s3)cn2N(C)C12CCN(C(=O)OCC)CC2. The number of likely N-dealkylation sites (tertiary alicyclic amines) is 1. The molecular formula is C27H30F2N6O5S. The van der Waals surface area contributed by atoms with Crippen LogP contribution in [-0.4, -0.2) is 80.7 Å². The standard InChI is InChI=1S/C27H30F2N6O5S/c1-4-10-34-25(38)21-23(37)22(36)18(24-31-30-20(41-24)13-16-6-7-17(28)14-19(16)29)15-35(21)32(3)27(34)8-11-33(12-9-27)26(39)40-5-2/h6-7,14-15,37H,4-5,8-13H2,1-3H3. The number of benzene rings is 1. The van der Waals surface area contributed by atoms with Gasteiger partial charge in [0.05, 0.1) is 12.2 Å². The van der Waals surface area contributed by atoms with Crippen LogP contribution in [0, 0.1) is 11.6 Å². The van der Waals surface area contributed by atoms with E-state index >= 15 is 0 Å². The lowest BCUT2D eigenvalue weighted by atomic mass is 9.92. The maximum atomic E-state index is 14.2. The Hall–Kier alpha value is -4.07. The smallest absolute Gasteiger partial charge is 0.409 e. The Morgan fingerprint density at radius 3 is 2.56 bits per heavy atom. The second kappa shape index (κ2) is 11.1. The van der Waals surface area contributed by atoms with Crippen molar-refractivity contribution in [1.29, 1.82) is 0 Å². The number of nitrogens with zero attached hydrogens (tertiary/aromatic N) is 6. The average Bonchev–Trinajstić information content (AvgIpc) is 3.41. The number of carbonyl (C=O) groups excluding carboxylic acids is 2. The topological polar surface area (TPSA) is 121 Å². The highest BCUT2D eigenvalue weighted by atomic mass is 32.1. The monoisotopic (exact) mass is 588 g/mol. The zero-order valence-electron chi connectivity index (χ0n) is 22.9. The van der Waals surface area contributed by atoms with Crippen molar-refractivity contribution in [2.24, 2.45) is 0 Å². The summed E-state index contributed by atoms with van der Waals surface area (Å²) in [6, 6.07) is 3.25. The molecule has 2 aliphatic heterocycles. The number of aromatic hydroxyl groups is 1. The molecule has 0 bridgehead atoms. The fraction of sp³-hybridized carbons (Fsp3) is 0.444. The first-order chi connectivity index (χ1) is 19.6. The number of halogens is 2.